The van der Waals surface area contributed by atoms with Crippen LogP contribution in [-0.2, 0) is 6.42 Å². The standard InChI is InChI=1S/C46H56F2O/c1-3-5-7-9-10-11-12-13-14-15-17-19-40-28-29-42(36-45(40)47)44-33-30-41(35-46(44)48)39-26-22-37(23-27-39)20-21-38-24-31-43(32-25-38)49-34-18-16-8-6-4-2/h4,20-33,35-36H,2-3,5-19,34H2,1H3. The van der Waals surface area contributed by atoms with E-state index in [1.54, 1.807) is 12.1 Å². The molecule has 0 fully saturated rings. The van der Waals surface area contributed by atoms with Crippen molar-refractivity contribution >= 4 is 12.2 Å². The van der Waals surface area contributed by atoms with Crippen molar-refractivity contribution < 1.29 is 13.5 Å². The molecule has 0 aliphatic carbocycles. The lowest BCUT2D eigenvalue weighted by atomic mass is 9.97. The van der Waals surface area contributed by atoms with Crippen LogP contribution in [0.4, 0.5) is 8.78 Å². The van der Waals surface area contributed by atoms with Crippen molar-refractivity contribution in [1.29, 1.82) is 0 Å². The Hall–Kier alpha value is -3.85. The van der Waals surface area contributed by atoms with Gasteiger partial charge in [-0.3, -0.25) is 0 Å². The molecule has 0 spiro atoms. The fourth-order valence-electron chi connectivity index (χ4n) is 6.24. The highest BCUT2D eigenvalue weighted by Gasteiger charge is 2.11. The molecule has 4 aromatic rings. The average molecular weight is 663 g/mol. The Morgan fingerprint density at radius 3 is 1.73 bits per heavy atom. The van der Waals surface area contributed by atoms with Gasteiger partial charge in [0.2, 0.25) is 0 Å². The summed E-state index contributed by atoms with van der Waals surface area (Å²) in [5, 5.41) is 0. The van der Waals surface area contributed by atoms with E-state index in [1.165, 1.54) is 63.9 Å². The molecule has 0 amide bonds. The number of rotatable bonds is 23. The average Bonchev–Trinajstić information content (AvgIpc) is 3.12. The maximum Gasteiger partial charge on any atom is 0.131 e. The zero-order valence-corrected chi connectivity index (χ0v) is 29.7. The van der Waals surface area contributed by atoms with Crippen molar-refractivity contribution in [2.45, 2.75) is 110 Å². The van der Waals surface area contributed by atoms with E-state index in [9.17, 15) is 4.39 Å². The third-order valence-electron chi connectivity index (χ3n) is 9.30. The summed E-state index contributed by atoms with van der Waals surface area (Å²) in [7, 11) is 0. The lowest BCUT2D eigenvalue weighted by molar-refractivity contribution is 0.305. The molecular weight excluding hydrogens is 607 g/mol. The van der Waals surface area contributed by atoms with Crippen LogP contribution in [0.2, 0.25) is 0 Å². The summed E-state index contributed by atoms with van der Waals surface area (Å²) >= 11 is 0. The van der Waals surface area contributed by atoms with Gasteiger partial charge in [0.25, 0.3) is 0 Å². The largest absolute Gasteiger partial charge is 0.494 e. The topological polar surface area (TPSA) is 9.23 Å². The summed E-state index contributed by atoms with van der Waals surface area (Å²) in [6, 6.07) is 26.6. The van der Waals surface area contributed by atoms with Gasteiger partial charge in [0.05, 0.1) is 6.61 Å². The van der Waals surface area contributed by atoms with E-state index >= 15 is 4.39 Å². The van der Waals surface area contributed by atoms with Crippen molar-refractivity contribution in [3.05, 3.63) is 127 Å². The predicted molar refractivity (Wildman–Crippen MR) is 206 cm³/mol. The van der Waals surface area contributed by atoms with Gasteiger partial charge in [0.15, 0.2) is 0 Å². The van der Waals surface area contributed by atoms with Crippen LogP contribution in [0.15, 0.2) is 84.9 Å². The molecule has 0 unspecified atom stereocenters. The SMILES string of the molecule is [CH2+][CH-]CCCCCOc1ccc(C=Cc2ccc(-c3ccc(-c4ccc(CCCCCCCCCCCCC)c(F)c4)c(F)c3)cc2)cc1. The molecule has 0 heterocycles. The van der Waals surface area contributed by atoms with Crippen LogP contribution in [0.1, 0.15) is 120 Å². The van der Waals surface area contributed by atoms with Gasteiger partial charge in [-0.25, -0.2) is 8.78 Å². The van der Waals surface area contributed by atoms with Crippen molar-refractivity contribution in [3.63, 3.8) is 0 Å². The van der Waals surface area contributed by atoms with Gasteiger partial charge in [-0.15, -0.1) is 12.8 Å². The van der Waals surface area contributed by atoms with E-state index in [0.29, 0.717) is 11.1 Å². The monoisotopic (exact) mass is 662 g/mol. The van der Waals surface area contributed by atoms with Gasteiger partial charge < -0.3 is 4.74 Å². The molecule has 4 aromatic carbocycles. The van der Waals surface area contributed by atoms with E-state index in [4.69, 9.17) is 4.74 Å². The van der Waals surface area contributed by atoms with Crippen molar-refractivity contribution in [2.24, 2.45) is 0 Å². The molecule has 3 heteroatoms. The van der Waals surface area contributed by atoms with Crippen LogP contribution in [0.25, 0.3) is 34.4 Å². The molecule has 0 aliphatic heterocycles. The molecule has 0 saturated heterocycles. The summed E-state index contributed by atoms with van der Waals surface area (Å²) in [6.45, 7) is 6.75. The van der Waals surface area contributed by atoms with Gasteiger partial charge in [-0.05, 0) is 76.9 Å². The Morgan fingerprint density at radius 1 is 0.571 bits per heavy atom. The number of hydrogen-bond donors (Lipinski definition) is 0. The molecule has 0 aliphatic rings. The number of unbranched alkanes of at least 4 members (excludes halogenated alkanes) is 14. The van der Waals surface area contributed by atoms with E-state index in [0.717, 1.165) is 85.1 Å². The minimum atomic E-state index is -0.348. The molecule has 49 heavy (non-hydrogen) atoms. The quantitative estimate of drug-likeness (QED) is 0.0436. The smallest absolute Gasteiger partial charge is 0.131 e. The molecule has 0 saturated carbocycles. The molecule has 0 aromatic heterocycles. The van der Waals surface area contributed by atoms with Crippen molar-refractivity contribution in [1.82, 2.24) is 0 Å². The molecule has 260 valence electrons. The first-order valence-corrected chi connectivity index (χ1v) is 18.8. The number of aryl methyl sites for hydroxylation is 1. The first kappa shape index (κ1) is 38.0. The van der Waals surface area contributed by atoms with Gasteiger partial charge >= 0.3 is 0 Å². The number of benzene rings is 4. The molecule has 0 bridgehead atoms. The summed E-state index contributed by atoms with van der Waals surface area (Å²) < 4.78 is 36.2. The Balaban J connectivity index is 1.22. The molecular formula is C46H56F2O. The van der Waals surface area contributed by atoms with Crippen molar-refractivity contribution in [3.8, 4) is 28.0 Å². The van der Waals surface area contributed by atoms with Crippen molar-refractivity contribution in [2.75, 3.05) is 6.61 Å². The second-order valence-electron chi connectivity index (χ2n) is 13.3. The zero-order valence-electron chi connectivity index (χ0n) is 29.7. The van der Waals surface area contributed by atoms with Crippen LogP contribution in [0.3, 0.4) is 0 Å². The highest BCUT2D eigenvalue weighted by Crippen LogP contribution is 2.30. The van der Waals surface area contributed by atoms with Gasteiger partial charge in [-0.2, -0.15) is 0 Å². The summed E-state index contributed by atoms with van der Waals surface area (Å²) in [5.41, 5.74) is 5.59. The van der Waals surface area contributed by atoms with Crippen LogP contribution < -0.4 is 4.74 Å². The maximum atomic E-state index is 15.3. The normalized spacial score (nSPS) is 11.4. The van der Waals surface area contributed by atoms with Gasteiger partial charge in [-0.1, -0.05) is 164 Å². The zero-order chi connectivity index (χ0) is 34.5. The van der Waals surface area contributed by atoms with E-state index in [1.807, 2.05) is 61.0 Å². The van der Waals surface area contributed by atoms with E-state index in [-0.39, 0.29) is 11.6 Å². The highest BCUT2D eigenvalue weighted by atomic mass is 19.1. The highest BCUT2D eigenvalue weighted by molar-refractivity contribution is 5.74. The minimum absolute atomic E-state index is 0.244. The predicted octanol–water partition coefficient (Wildman–Crippen LogP) is 14.3. The third-order valence-corrected chi connectivity index (χ3v) is 9.30. The third kappa shape index (κ3) is 13.5. The first-order chi connectivity index (χ1) is 24.1. The van der Waals surface area contributed by atoms with E-state index in [2.05, 4.69) is 38.1 Å². The van der Waals surface area contributed by atoms with Crippen LogP contribution in [0, 0.1) is 25.0 Å². The van der Waals surface area contributed by atoms with Crippen LogP contribution in [0.5, 0.6) is 5.75 Å². The Labute approximate surface area is 295 Å². The Bertz CT molecular complexity index is 1520. The molecule has 0 atom stereocenters. The second kappa shape index (κ2) is 22.0. The second-order valence-corrected chi connectivity index (χ2v) is 13.3. The van der Waals surface area contributed by atoms with Gasteiger partial charge in [0, 0.05) is 5.56 Å². The van der Waals surface area contributed by atoms with Crippen LogP contribution in [-0.4, -0.2) is 6.61 Å². The molecule has 4 rings (SSSR count). The Morgan fingerprint density at radius 2 is 1.12 bits per heavy atom. The van der Waals surface area contributed by atoms with Crippen LogP contribution >= 0.6 is 0 Å². The molecule has 0 N–H and O–H groups in total. The first-order valence-electron chi connectivity index (χ1n) is 18.8. The minimum Gasteiger partial charge on any atom is -0.494 e. The summed E-state index contributed by atoms with van der Waals surface area (Å²) in [4.78, 5) is 0. The maximum absolute atomic E-state index is 15.3. The summed E-state index contributed by atoms with van der Waals surface area (Å²) in [6.07, 6.45) is 25.3. The van der Waals surface area contributed by atoms with E-state index < -0.39 is 0 Å². The molecule has 0 radical (unpaired) electrons. The van der Waals surface area contributed by atoms with Gasteiger partial charge in [0.1, 0.15) is 17.4 Å². The lowest BCUT2D eigenvalue weighted by Crippen LogP contribution is -1.97. The summed E-state index contributed by atoms with van der Waals surface area (Å²) in [5.74, 6) is 0.297. The Kier molecular flexibility index (Phi) is 17.0. The fourth-order valence-corrected chi connectivity index (χ4v) is 6.24. The number of ether oxygens (including phenoxy) is 1. The number of hydrogen-bond acceptors (Lipinski definition) is 1. The molecule has 1 nitrogen and oxygen atoms in total. The fraction of sp³-hybridized carbons (Fsp3) is 0.391. The lowest BCUT2D eigenvalue weighted by Gasteiger charge is -2.10. The number of halogens is 2.